The smallest absolute Gasteiger partial charge is 0.416 e. The molecule has 1 aliphatic heterocycles. The molecule has 1 aliphatic carbocycles. The zero-order chi connectivity index (χ0) is 22.1. The van der Waals surface area contributed by atoms with Gasteiger partial charge in [-0.3, -0.25) is 0 Å². The van der Waals surface area contributed by atoms with E-state index in [0.29, 0.717) is 24.2 Å². The maximum absolute atomic E-state index is 12.7. The van der Waals surface area contributed by atoms with Gasteiger partial charge in [-0.25, -0.2) is 0 Å². The average molecular weight is 452 g/mol. The van der Waals surface area contributed by atoms with Gasteiger partial charge in [0.1, 0.15) is 5.75 Å². The number of benzene rings is 2. The van der Waals surface area contributed by atoms with Crippen molar-refractivity contribution in [3.63, 3.8) is 0 Å². The lowest BCUT2D eigenvalue weighted by Gasteiger charge is -2.48. The van der Waals surface area contributed by atoms with Gasteiger partial charge in [-0.1, -0.05) is 37.1 Å². The quantitative estimate of drug-likeness (QED) is 0.478. The van der Waals surface area contributed by atoms with Gasteiger partial charge in [-0.05, 0) is 73.7 Å². The van der Waals surface area contributed by atoms with Gasteiger partial charge in [0.15, 0.2) is 0 Å². The van der Waals surface area contributed by atoms with Gasteiger partial charge in [0.25, 0.3) is 0 Å². The highest BCUT2D eigenvalue weighted by Gasteiger charge is 2.41. The number of alkyl halides is 3. The summed E-state index contributed by atoms with van der Waals surface area (Å²) >= 11 is 6.09. The summed E-state index contributed by atoms with van der Waals surface area (Å²) in [5.74, 6) is 1.38. The van der Waals surface area contributed by atoms with Gasteiger partial charge < -0.3 is 9.64 Å². The molecule has 2 fully saturated rings. The molecule has 31 heavy (non-hydrogen) atoms. The largest absolute Gasteiger partial charge is 0.493 e. The highest BCUT2D eigenvalue weighted by atomic mass is 35.5. The van der Waals surface area contributed by atoms with Crippen molar-refractivity contribution in [1.82, 2.24) is 4.90 Å². The predicted molar refractivity (Wildman–Crippen MR) is 118 cm³/mol. The minimum Gasteiger partial charge on any atom is -0.493 e. The summed E-state index contributed by atoms with van der Waals surface area (Å²) in [6.45, 7) is 5.84. The summed E-state index contributed by atoms with van der Waals surface area (Å²) in [5.41, 5.74) is 0.939. The van der Waals surface area contributed by atoms with E-state index in [1.54, 1.807) is 0 Å². The molecule has 4 rings (SSSR count). The number of nitrogens with zero attached hydrogens (tertiary/aromatic N) is 1. The van der Waals surface area contributed by atoms with Crippen LogP contribution in [0.1, 0.15) is 43.7 Å². The molecule has 168 valence electrons. The summed E-state index contributed by atoms with van der Waals surface area (Å²) in [6, 6.07) is 13.3. The Kier molecular flexibility index (Phi) is 6.55. The molecule has 2 nitrogen and oxygen atoms in total. The molecule has 2 aromatic rings. The Bertz CT molecular complexity index is 862. The van der Waals surface area contributed by atoms with Gasteiger partial charge in [-0.2, -0.15) is 13.2 Å². The molecule has 1 saturated heterocycles. The van der Waals surface area contributed by atoms with Crippen LogP contribution in [0.15, 0.2) is 48.5 Å². The molecule has 0 unspecified atom stereocenters. The maximum atomic E-state index is 12.7. The van der Waals surface area contributed by atoms with Crippen molar-refractivity contribution < 1.29 is 17.9 Å². The van der Waals surface area contributed by atoms with Gasteiger partial charge >= 0.3 is 6.18 Å². The second kappa shape index (κ2) is 9.03. The summed E-state index contributed by atoms with van der Waals surface area (Å²) in [4.78, 5) is 2.55. The highest BCUT2D eigenvalue weighted by molar-refractivity contribution is 6.30. The number of piperidine rings is 1. The molecule has 1 heterocycles. The van der Waals surface area contributed by atoms with Crippen molar-refractivity contribution in [1.29, 1.82) is 0 Å². The molecule has 2 aromatic carbocycles. The van der Waals surface area contributed by atoms with Crippen LogP contribution in [0.25, 0.3) is 0 Å². The minimum atomic E-state index is -4.32. The minimum absolute atomic E-state index is 0.212. The Morgan fingerprint density at radius 1 is 1.06 bits per heavy atom. The molecule has 1 saturated carbocycles. The van der Waals surface area contributed by atoms with Crippen LogP contribution in [0.2, 0.25) is 5.02 Å². The monoisotopic (exact) mass is 451 g/mol. The third kappa shape index (κ3) is 5.20. The number of likely N-dealkylation sites (tertiary alicyclic amines) is 1. The fraction of sp³-hybridized carbons (Fsp3) is 0.520. The Hall–Kier alpha value is -1.72. The SMILES string of the molecule is C[C@@H]1CCN(CC2(c3ccc(Cl)cc3)CCC2)C[C@@H]1COc1ccc(C(F)(F)F)cc1. The molecular formula is C25H29ClF3NO. The number of ether oxygens (including phenoxy) is 1. The molecule has 0 N–H and O–H groups in total. The maximum Gasteiger partial charge on any atom is 0.416 e. The lowest BCUT2D eigenvalue weighted by molar-refractivity contribution is -0.137. The number of hydrogen-bond donors (Lipinski definition) is 0. The summed E-state index contributed by atoms with van der Waals surface area (Å²) in [7, 11) is 0. The van der Waals surface area contributed by atoms with Gasteiger partial charge in [0, 0.05) is 29.4 Å². The first-order valence-electron chi connectivity index (χ1n) is 11.0. The number of hydrogen-bond acceptors (Lipinski definition) is 2. The van der Waals surface area contributed by atoms with E-state index in [1.807, 2.05) is 12.1 Å². The Morgan fingerprint density at radius 2 is 1.74 bits per heavy atom. The molecule has 0 radical (unpaired) electrons. The highest BCUT2D eigenvalue weighted by Crippen LogP contribution is 2.45. The van der Waals surface area contributed by atoms with Crippen LogP contribution in [0, 0.1) is 11.8 Å². The van der Waals surface area contributed by atoms with E-state index in [-0.39, 0.29) is 5.41 Å². The lowest BCUT2D eigenvalue weighted by Crippen LogP contribution is -2.50. The first-order valence-corrected chi connectivity index (χ1v) is 11.4. The fourth-order valence-electron chi connectivity index (χ4n) is 4.90. The third-order valence-corrected chi connectivity index (χ3v) is 7.39. The van der Waals surface area contributed by atoms with Crippen LogP contribution in [-0.2, 0) is 11.6 Å². The van der Waals surface area contributed by atoms with E-state index in [4.69, 9.17) is 16.3 Å². The molecule has 0 spiro atoms. The molecule has 0 bridgehead atoms. The van der Waals surface area contributed by atoms with Crippen LogP contribution in [0.3, 0.4) is 0 Å². The predicted octanol–water partition coefficient (Wildman–Crippen LogP) is 6.82. The Morgan fingerprint density at radius 3 is 2.32 bits per heavy atom. The summed E-state index contributed by atoms with van der Waals surface area (Å²) in [5, 5.41) is 0.769. The number of halogens is 4. The van der Waals surface area contributed by atoms with Crippen molar-refractivity contribution in [3.05, 3.63) is 64.7 Å². The fourth-order valence-corrected chi connectivity index (χ4v) is 5.03. The molecule has 6 heteroatoms. The number of rotatable bonds is 6. The van der Waals surface area contributed by atoms with Crippen LogP contribution in [-0.4, -0.2) is 31.1 Å². The van der Waals surface area contributed by atoms with E-state index < -0.39 is 11.7 Å². The zero-order valence-corrected chi connectivity index (χ0v) is 18.6. The second-order valence-corrected chi connectivity index (χ2v) is 9.67. The van der Waals surface area contributed by atoms with E-state index in [1.165, 1.54) is 37.0 Å². The van der Waals surface area contributed by atoms with E-state index in [2.05, 4.69) is 24.0 Å². The topological polar surface area (TPSA) is 12.5 Å². The van der Waals surface area contributed by atoms with E-state index in [0.717, 1.165) is 43.2 Å². The molecule has 2 aliphatic rings. The summed E-state index contributed by atoms with van der Waals surface area (Å²) < 4.78 is 44.1. The first-order chi connectivity index (χ1) is 14.7. The first kappa shape index (κ1) is 22.5. The van der Waals surface area contributed by atoms with Gasteiger partial charge in [0.05, 0.1) is 12.2 Å². The van der Waals surface area contributed by atoms with Crippen LogP contribution < -0.4 is 4.74 Å². The zero-order valence-electron chi connectivity index (χ0n) is 17.8. The van der Waals surface area contributed by atoms with Crippen molar-refractivity contribution in [2.75, 3.05) is 26.2 Å². The van der Waals surface area contributed by atoms with E-state index >= 15 is 0 Å². The van der Waals surface area contributed by atoms with Gasteiger partial charge in [0.2, 0.25) is 0 Å². The normalized spacial score (nSPS) is 23.9. The van der Waals surface area contributed by atoms with E-state index in [9.17, 15) is 13.2 Å². The second-order valence-electron chi connectivity index (χ2n) is 9.24. The molecular weight excluding hydrogens is 423 g/mol. The van der Waals surface area contributed by atoms with Crippen LogP contribution >= 0.6 is 11.6 Å². The van der Waals surface area contributed by atoms with Crippen LogP contribution in [0.5, 0.6) is 5.75 Å². The van der Waals surface area contributed by atoms with Gasteiger partial charge in [-0.15, -0.1) is 0 Å². The Labute approximate surface area is 187 Å². The summed E-state index contributed by atoms with van der Waals surface area (Å²) in [6.07, 6.45) is 0.449. The average Bonchev–Trinajstić information content (AvgIpc) is 2.71. The van der Waals surface area contributed by atoms with Crippen molar-refractivity contribution in [2.45, 2.75) is 44.2 Å². The van der Waals surface area contributed by atoms with Crippen molar-refractivity contribution >= 4 is 11.6 Å². The molecule has 0 amide bonds. The van der Waals surface area contributed by atoms with Crippen molar-refractivity contribution in [2.24, 2.45) is 11.8 Å². The molecule has 2 atom stereocenters. The lowest BCUT2D eigenvalue weighted by atomic mass is 9.64. The van der Waals surface area contributed by atoms with Crippen molar-refractivity contribution in [3.8, 4) is 5.75 Å². The Balaban J connectivity index is 1.36. The molecule has 0 aromatic heterocycles. The standard InChI is InChI=1S/C25H29ClF3NO/c1-18-11-14-30(17-24(12-2-13-24)20-3-7-22(26)8-4-20)15-19(18)16-31-23-9-5-21(6-10-23)25(27,28)29/h3-10,18-19H,2,11-17H2,1H3/t18-,19-/m1/s1. The van der Waals surface area contributed by atoms with Crippen LogP contribution in [0.4, 0.5) is 13.2 Å². The third-order valence-electron chi connectivity index (χ3n) is 7.14.